The number of nitrogens with one attached hydrogen (secondary N) is 1. The van der Waals surface area contributed by atoms with E-state index in [1.54, 1.807) is 17.8 Å². The molecule has 156 valence electrons. The molecule has 5 rings (SSSR count). The molecule has 5 nitrogen and oxygen atoms in total. The number of fused-ring (bicyclic) bond motifs is 1. The third-order valence-corrected chi connectivity index (χ3v) is 6.97. The molecule has 2 unspecified atom stereocenters. The Labute approximate surface area is 184 Å². The van der Waals surface area contributed by atoms with Crippen LogP contribution in [0.4, 0.5) is 5.69 Å². The van der Waals surface area contributed by atoms with E-state index in [1.165, 1.54) is 7.11 Å². The van der Waals surface area contributed by atoms with Crippen molar-refractivity contribution in [2.45, 2.75) is 17.5 Å². The minimum Gasteiger partial charge on any atom is -0.504 e. The first-order valence-electron chi connectivity index (χ1n) is 10.1. The molecule has 1 fully saturated rings. The number of thioether (sulfide) groups is 1. The highest BCUT2D eigenvalue weighted by Gasteiger charge is 2.42. The Hall–Kier alpha value is -3.38. The van der Waals surface area contributed by atoms with Crippen LogP contribution in [0.5, 0.6) is 11.5 Å². The van der Waals surface area contributed by atoms with Crippen molar-refractivity contribution in [2.75, 3.05) is 12.0 Å². The number of methoxy groups -OCH3 is 1. The first-order chi connectivity index (χ1) is 15.1. The lowest BCUT2D eigenvalue weighted by Crippen LogP contribution is -2.30. The first-order valence-corrected chi connectivity index (χ1v) is 11.0. The van der Waals surface area contributed by atoms with Crippen molar-refractivity contribution in [3.05, 3.63) is 78.4 Å². The van der Waals surface area contributed by atoms with Gasteiger partial charge in [0.2, 0.25) is 5.91 Å². The highest BCUT2D eigenvalue weighted by molar-refractivity contribution is 8.01. The third kappa shape index (κ3) is 3.24. The average Bonchev–Trinajstić information content (AvgIpc) is 3.32. The lowest BCUT2D eigenvalue weighted by atomic mass is 10.1. The molecule has 3 aromatic carbocycles. The Morgan fingerprint density at radius 3 is 2.55 bits per heavy atom. The van der Waals surface area contributed by atoms with E-state index in [9.17, 15) is 9.90 Å². The number of amides is 1. The molecule has 1 aromatic heterocycles. The molecule has 31 heavy (non-hydrogen) atoms. The van der Waals surface area contributed by atoms with E-state index < -0.39 is 0 Å². The van der Waals surface area contributed by atoms with Crippen molar-refractivity contribution in [1.82, 2.24) is 4.98 Å². The zero-order valence-corrected chi connectivity index (χ0v) is 18.0. The highest BCUT2D eigenvalue weighted by atomic mass is 32.2. The number of nitrogens with zero attached hydrogens (tertiary/aromatic N) is 1. The predicted octanol–water partition coefficient (Wildman–Crippen LogP) is 5.72. The summed E-state index contributed by atoms with van der Waals surface area (Å²) in [7, 11) is 1.53. The summed E-state index contributed by atoms with van der Waals surface area (Å²) in [6.45, 7) is 1.94. The highest BCUT2D eigenvalue weighted by Crippen LogP contribution is 2.51. The summed E-state index contributed by atoms with van der Waals surface area (Å²) in [5, 5.41) is 10.6. The van der Waals surface area contributed by atoms with Gasteiger partial charge in [-0.15, -0.1) is 11.8 Å². The summed E-state index contributed by atoms with van der Waals surface area (Å²) in [6, 6.07) is 23.4. The number of aromatic hydroxyl groups is 1. The van der Waals surface area contributed by atoms with Crippen molar-refractivity contribution in [3.63, 3.8) is 0 Å². The number of rotatable bonds is 4. The van der Waals surface area contributed by atoms with Gasteiger partial charge in [0, 0.05) is 16.5 Å². The molecule has 2 atom stereocenters. The fraction of sp³-hybridized carbons (Fsp3) is 0.160. The fourth-order valence-corrected chi connectivity index (χ4v) is 5.37. The number of benzene rings is 3. The SMILES string of the molecule is COc1cc(C2SC(C)C(=O)N2c2c(-c3ccccc3)[nH]c3ccccc23)ccc1O. The van der Waals surface area contributed by atoms with E-state index >= 15 is 0 Å². The second-order valence-electron chi connectivity index (χ2n) is 7.53. The number of aromatic nitrogens is 1. The van der Waals surface area contributed by atoms with Crippen molar-refractivity contribution in [3.8, 4) is 22.8 Å². The normalized spacial score (nSPS) is 18.6. The van der Waals surface area contributed by atoms with Gasteiger partial charge in [0.1, 0.15) is 5.37 Å². The molecule has 6 heteroatoms. The standard InChI is InChI=1S/C25H22N2O3S/c1-15-24(29)27(25(31-15)17-12-13-20(28)21(14-17)30-2)23-18-10-6-7-11-19(18)26-22(23)16-8-4-3-5-9-16/h3-15,25-26,28H,1-2H3. The Kier molecular flexibility index (Phi) is 4.87. The molecular weight excluding hydrogens is 408 g/mol. The minimum atomic E-state index is -0.237. The molecule has 1 aliphatic heterocycles. The van der Waals surface area contributed by atoms with E-state index in [-0.39, 0.29) is 22.3 Å². The second-order valence-corrected chi connectivity index (χ2v) is 8.96. The summed E-state index contributed by atoms with van der Waals surface area (Å²) >= 11 is 1.60. The summed E-state index contributed by atoms with van der Waals surface area (Å²) < 4.78 is 5.32. The van der Waals surface area contributed by atoms with Gasteiger partial charge in [-0.3, -0.25) is 9.69 Å². The quantitative estimate of drug-likeness (QED) is 0.435. The summed E-state index contributed by atoms with van der Waals surface area (Å²) in [4.78, 5) is 18.9. The summed E-state index contributed by atoms with van der Waals surface area (Å²) in [6.07, 6.45) is 0. The van der Waals surface area contributed by atoms with Crippen LogP contribution in [0.1, 0.15) is 17.9 Å². The van der Waals surface area contributed by atoms with E-state index in [1.807, 2.05) is 78.6 Å². The number of H-pyrrole nitrogens is 1. The van der Waals surface area contributed by atoms with Gasteiger partial charge < -0.3 is 14.8 Å². The Balaban J connectivity index is 1.73. The van der Waals surface area contributed by atoms with Crippen molar-refractivity contribution in [1.29, 1.82) is 0 Å². The summed E-state index contributed by atoms with van der Waals surface area (Å²) in [5.74, 6) is 0.536. The lowest BCUT2D eigenvalue weighted by molar-refractivity contribution is -0.117. The molecular formula is C25H22N2O3S. The van der Waals surface area contributed by atoms with Crippen LogP contribution in [0, 0.1) is 0 Å². The number of phenols is 1. The smallest absolute Gasteiger partial charge is 0.241 e. The molecule has 1 saturated heterocycles. The van der Waals surface area contributed by atoms with Crippen molar-refractivity contribution >= 4 is 34.3 Å². The average molecular weight is 431 g/mol. The number of hydrogen-bond acceptors (Lipinski definition) is 4. The van der Waals surface area contributed by atoms with Crippen LogP contribution in [-0.2, 0) is 4.79 Å². The van der Waals surface area contributed by atoms with Gasteiger partial charge in [-0.05, 0) is 30.7 Å². The number of phenolic OH excluding ortho intramolecular Hbond substituents is 1. The van der Waals surface area contributed by atoms with Crippen LogP contribution in [0.25, 0.3) is 22.2 Å². The second kappa shape index (κ2) is 7.71. The zero-order valence-electron chi connectivity index (χ0n) is 17.2. The van der Waals surface area contributed by atoms with E-state index in [2.05, 4.69) is 4.98 Å². The fourth-order valence-electron chi connectivity index (χ4n) is 4.12. The maximum absolute atomic E-state index is 13.4. The van der Waals surface area contributed by atoms with Crippen LogP contribution in [0.3, 0.4) is 0 Å². The predicted molar refractivity (Wildman–Crippen MR) is 126 cm³/mol. The maximum Gasteiger partial charge on any atom is 0.241 e. The molecule has 2 N–H and O–H groups in total. The van der Waals surface area contributed by atoms with Crippen LogP contribution in [0.15, 0.2) is 72.8 Å². The number of hydrogen-bond donors (Lipinski definition) is 2. The van der Waals surface area contributed by atoms with Gasteiger partial charge in [0.05, 0.1) is 23.7 Å². The number of anilines is 1. The minimum absolute atomic E-state index is 0.0592. The molecule has 1 amide bonds. The first kappa shape index (κ1) is 19.6. The Morgan fingerprint density at radius 2 is 1.77 bits per heavy atom. The van der Waals surface area contributed by atoms with Gasteiger partial charge in [0.15, 0.2) is 11.5 Å². The Bertz CT molecular complexity index is 1270. The van der Waals surface area contributed by atoms with Crippen LogP contribution < -0.4 is 9.64 Å². The maximum atomic E-state index is 13.4. The van der Waals surface area contributed by atoms with Gasteiger partial charge in [-0.25, -0.2) is 0 Å². The van der Waals surface area contributed by atoms with Gasteiger partial charge in [-0.2, -0.15) is 0 Å². The number of para-hydroxylation sites is 1. The van der Waals surface area contributed by atoms with Gasteiger partial charge in [-0.1, -0.05) is 54.6 Å². The largest absolute Gasteiger partial charge is 0.504 e. The van der Waals surface area contributed by atoms with Crippen molar-refractivity contribution in [2.24, 2.45) is 0 Å². The third-order valence-electron chi connectivity index (χ3n) is 5.62. The summed E-state index contributed by atoms with van der Waals surface area (Å²) in [5.41, 5.74) is 4.70. The monoisotopic (exact) mass is 430 g/mol. The van der Waals surface area contributed by atoms with Gasteiger partial charge in [0.25, 0.3) is 0 Å². The van der Waals surface area contributed by atoms with E-state index in [4.69, 9.17) is 4.74 Å². The number of carbonyl (C=O) groups excluding carboxylic acids is 1. The van der Waals surface area contributed by atoms with Crippen LogP contribution >= 0.6 is 11.8 Å². The van der Waals surface area contributed by atoms with E-state index in [0.29, 0.717) is 5.75 Å². The van der Waals surface area contributed by atoms with Crippen LogP contribution in [-0.4, -0.2) is 28.4 Å². The van der Waals surface area contributed by atoms with Gasteiger partial charge >= 0.3 is 0 Å². The molecule has 2 heterocycles. The number of ether oxygens (including phenoxy) is 1. The zero-order chi connectivity index (χ0) is 21.5. The molecule has 0 radical (unpaired) electrons. The molecule has 0 saturated carbocycles. The number of carbonyl (C=O) groups is 1. The Morgan fingerprint density at radius 1 is 1.03 bits per heavy atom. The topological polar surface area (TPSA) is 65.6 Å². The van der Waals surface area contributed by atoms with Crippen molar-refractivity contribution < 1.29 is 14.6 Å². The molecule has 0 bridgehead atoms. The molecule has 4 aromatic rings. The number of aromatic amines is 1. The molecule has 0 spiro atoms. The van der Waals surface area contributed by atoms with Crippen LogP contribution in [0.2, 0.25) is 0 Å². The molecule has 0 aliphatic carbocycles. The van der Waals surface area contributed by atoms with E-state index in [0.717, 1.165) is 33.4 Å². The molecule has 1 aliphatic rings. The lowest BCUT2D eigenvalue weighted by Gasteiger charge is -2.25.